The van der Waals surface area contributed by atoms with Crippen LogP contribution in [0.3, 0.4) is 0 Å². The molecule has 3 nitrogen and oxygen atoms in total. The third-order valence-electron chi connectivity index (χ3n) is 3.06. The van der Waals surface area contributed by atoms with Crippen LogP contribution < -0.4 is 11.4 Å². The van der Waals surface area contributed by atoms with Gasteiger partial charge >= 0.3 is 11.8 Å². The molecule has 2 N–H and O–H groups in total. The molecular weight excluding hydrogens is 259 g/mol. The number of alkyl halides is 3. The molecule has 0 aliphatic heterocycles. The number of fused-ring (bicyclic) bond motifs is 1. The maximum atomic E-state index is 13.0. The summed E-state index contributed by atoms with van der Waals surface area (Å²) in [7, 11) is 0. The molecule has 0 atom stereocenters. The van der Waals surface area contributed by atoms with Gasteiger partial charge in [0.05, 0.1) is 5.56 Å². The van der Waals surface area contributed by atoms with Crippen LogP contribution in [0.25, 0.3) is 11.0 Å². The van der Waals surface area contributed by atoms with Gasteiger partial charge in [-0.1, -0.05) is 6.92 Å². The number of anilines is 1. The molecular formula is C13H12F3NO2. The Hall–Kier alpha value is -1.98. The Morgan fingerprint density at radius 1 is 1.32 bits per heavy atom. The molecule has 1 heterocycles. The lowest BCUT2D eigenvalue weighted by Gasteiger charge is -2.13. The minimum absolute atomic E-state index is 0.0889. The topological polar surface area (TPSA) is 56.2 Å². The molecule has 2 rings (SSSR count). The van der Waals surface area contributed by atoms with E-state index in [-0.39, 0.29) is 11.0 Å². The lowest BCUT2D eigenvalue weighted by atomic mass is 10.00. The predicted octanol–water partition coefficient (Wildman–Crippen LogP) is 3.26. The van der Waals surface area contributed by atoms with Gasteiger partial charge in [-0.25, -0.2) is 4.79 Å². The molecule has 0 saturated carbocycles. The molecule has 0 amide bonds. The highest BCUT2D eigenvalue weighted by Gasteiger charge is 2.37. The molecule has 0 saturated heterocycles. The summed E-state index contributed by atoms with van der Waals surface area (Å²) < 4.78 is 43.9. The number of nitrogen functional groups attached to an aromatic ring is 1. The van der Waals surface area contributed by atoms with Gasteiger partial charge in [-0.2, -0.15) is 13.2 Å². The van der Waals surface area contributed by atoms with Gasteiger partial charge in [-0.15, -0.1) is 0 Å². The molecule has 1 aromatic heterocycles. The zero-order chi connectivity index (χ0) is 14.4. The Bertz CT molecular complexity index is 702. The van der Waals surface area contributed by atoms with Gasteiger partial charge in [-0.3, -0.25) is 0 Å². The molecule has 1 aromatic carbocycles. The number of benzene rings is 1. The molecule has 0 aliphatic rings. The van der Waals surface area contributed by atoms with E-state index in [9.17, 15) is 18.0 Å². The van der Waals surface area contributed by atoms with E-state index >= 15 is 0 Å². The molecule has 2 aromatic rings. The molecule has 0 bridgehead atoms. The maximum absolute atomic E-state index is 13.0. The highest BCUT2D eigenvalue weighted by Crippen LogP contribution is 2.38. The SMILES string of the molecule is CCc1cc2oc(=O)c(N)c(C(F)(F)F)c2cc1C. The van der Waals surface area contributed by atoms with Crippen molar-refractivity contribution in [2.75, 3.05) is 5.73 Å². The van der Waals surface area contributed by atoms with E-state index in [1.165, 1.54) is 12.1 Å². The van der Waals surface area contributed by atoms with Gasteiger partial charge < -0.3 is 10.2 Å². The van der Waals surface area contributed by atoms with Crippen LogP contribution in [0.1, 0.15) is 23.6 Å². The first kappa shape index (κ1) is 13.5. The van der Waals surface area contributed by atoms with Crippen LogP contribution in [0.4, 0.5) is 18.9 Å². The summed E-state index contributed by atoms with van der Waals surface area (Å²) >= 11 is 0. The lowest BCUT2D eigenvalue weighted by molar-refractivity contribution is -0.135. The molecule has 6 heteroatoms. The van der Waals surface area contributed by atoms with Crippen molar-refractivity contribution in [1.82, 2.24) is 0 Å². The normalized spacial score (nSPS) is 12.1. The van der Waals surface area contributed by atoms with E-state index in [1.54, 1.807) is 6.92 Å². The summed E-state index contributed by atoms with van der Waals surface area (Å²) in [5.41, 5.74) is 3.49. The van der Waals surface area contributed by atoms with E-state index in [2.05, 4.69) is 0 Å². The van der Waals surface area contributed by atoms with E-state index < -0.39 is 23.1 Å². The van der Waals surface area contributed by atoms with E-state index in [0.29, 0.717) is 12.0 Å². The van der Waals surface area contributed by atoms with Crippen molar-refractivity contribution in [3.05, 3.63) is 39.2 Å². The van der Waals surface area contributed by atoms with Crippen LogP contribution in [0.2, 0.25) is 0 Å². The molecule has 0 aliphatic carbocycles. The van der Waals surface area contributed by atoms with E-state index in [0.717, 1.165) is 5.56 Å². The Kier molecular flexibility index (Phi) is 3.04. The summed E-state index contributed by atoms with van der Waals surface area (Å²) in [4.78, 5) is 11.4. The van der Waals surface area contributed by atoms with Crippen molar-refractivity contribution < 1.29 is 17.6 Å². The third kappa shape index (κ3) is 2.18. The van der Waals surface area contributed by atoms with Gasteiger partial charge in [0.1, 0.15) is 11.3 Å². The minimum atomic E-state index is -4.70. The smallest absolute Gasteiger partial charge is 0.419 e. The largest absolute Gasteiger partial charge is 0.421 e. The fourth-order valence-corrected chi connectivity index (χ4v) is 2.10. The monoisotopic (exact) mass is 271 g/mol. The minimum Gasteiger partial charge on any atom is -0.421 e. The quantitative estimate of drug-likeness (QED) is 0.810. The molecule has 102 valence electrons. The van der Waals surface area contributed by atoms with Crippen molar-refractivity contribution in [2.24, 2.45) is 0 Å². The molecule has 0 spiro atoms. The standard InChI is InChI=1S/C13H12F3NO2/c1-3-7-5-9-8(4-6(7)2)10(13(14,15)16)11(17)12(18)19-9/h4-5H,3,17H2,1-2H3. The Labute approximate surface area is 106 Å². The van der Waals surface area contributed by atoms with Crippen molar-refractivity contribution >= 4 is 16.7 Å². The number of hydrogen-bond donors (Lipinski definition) is 1. The average Bonchev–Trinajstić information content (AvgIpc) is 2.29. The number of hydrogen-bond acceptors (Lipinski definition) is 3. The second kappa shape index (κ2) is 4.29. The van der Waals surface area contributed by atoms with Gasteiger partial charge in [0.15, 0.2) is 0 Å². The summed E-state index contributed by atoms with van der Waals surface area (Å²) in [5, 5.41) is -0.181. The van der Waals surface area contributed by atoms with Gasteiger partial charge in [0, 0.05) is 5.39 Å². The first-order chi connectivity index (χ1) is 8.75. The van der Waals surface area contributed by atoms with Crippen LogP contribution in [0, 0.1) is 6.92 Å². The third-order valence-corrected chi connectivity index (χ3v) is 3.06. The summed E-state index contributed by atoms with van der Waals surface area (Å²) in [5.74, 6) is 0. The highest BCUT2D eigenvalue weighted by atomic mass is 19.4. The Morgan fingerprint density at radius 2 is 1.95 bits per heavy atom. The summed E-state index contributed by atoms with van der Waals surface area (Å²) in [6.45, 7) is 3.58. The Morgan fingerprint density at radius 3 is 2.47 bits per heavy atom. The Balaban J connectivity index is 2.97. The van der Waals surface area contributed by atoms with Crippen LogP contribution in [-0.2, 0) is 12.6 Å². The van der Waals surface area contributed by atoms with Crippen molar-refractivity contribution in [2.45, 2.75) is 26.4 Å². The molecule has 0 unspecified atom stereocenters. The van der Waals surface area contributed by atoms with Crippen LogP contribution in [0.5, 0.6) is 0 Å². The zero-order valence-electron chi connectivity index (χ0n) is 10.4. The first-order valence-corrected chi connectivity index (χ1v) is 5.68. The lowest BCUT2D eigenvalue weighted by Crippen LogP contribution is -2.17. The number of halogens is 3. The first-order valence-electron chi connectivity index (χ1n) is 5.68. The summed E-state index contributed by atoms with van der Waals surface area (Å²) in [6.07, 6.45) is -4.06. The van der Waals surface area contributed by atoms with E-state index in [1.807, 2.05) is 6.92 Å². The van der Waals surface area contributed by atoms with Gasteiger partial charge in [0.25, 0.3) is 0 Å². The summed E-state index contributed by atoms with van der Waals surface area (Å²) in [6, 6.07) is 2.82. The predicted molar refractivity (Wildman–Crippen MR) is 66.0 cm³/mol. The van der Waals surface area contributed by atoms with Gasteiger partial charge in [-0.05, 0) is 36.6 Å². The zero-order valence-corrected chi connectivity index (χ0v) is 10.4. The second-order valence-electron chi connectivity index (χ2n) is 4.30. The van der Waals surface area contributed by atoms with Crippen LogP contribution in [0.15, 0.2) is 21.3 Å². The van der Waals surface area contributed by atoms with Crippen molar-refractivity contribution in [3.63, 3.8) is 0 Å². The maximum Gasteiger partial charge on any atom is 0.419 e. The van der Waals surface area contributed by atoms with Crippen molar-refractivity contribution in [3.8, 4) is 0 Å². The molecule has 0 fully saturated rings. The van der Waals surface area contributed by atoms with Crippen molar-refractivity contribution in [1.29, 1.82) is 0 Å². The average molecular weight is 271 g/mol. The highest BCUT2D eigenvalue weighted by molar-refractivity contribution is 5.86. The number of nitrogens with two attached hydrogens (primary N) is 1. The molecule has 0 radical (unpaired) electrons. The second-order valence-corrected chi connectivity index (χ2v) is 4.30. The number of aryl methyl sites for hydroxylation is 2. The fourth-order valence-electron chi connectivity index (χ4n) is 2.10. The molecule has 19 heavy (non-hydrogen) atoms. The van der Waals surface area contributed by atoms with Crippen LogP contribution >= 0.6 is 0 Å². The number of rotatable bonds is 1. The fraction of sp³-hybridized carbons (Fsp3) is 0.308. The van der Waals surface area contributed by atoms with E-state index in [4.69, 9.17) is 10.2 Å². The van der Waals surface area contributed by atoms with Crippen LogP contribution in [-0.4, -0.2) is 0 Å². The van der Waals surface area contributed by atoms with Gasteiger partial charge in [0.2, 0.25) is 0 Å².